The highest BCUT2D eigenvalue weighted by Gasteiger charge is 2.33. The van der Waals surface area contributed by atoms with Gasteiger partial charge in [-0.1, -0.05) is 23.2 Å². The van der Waals surface area contributed by atoms with Gasteiger partial charge in [0.1, 0.15) is 10.1 Å². The Morgan fingerprint density at radius 3 is 1.50 bits per heavy atom. The molecule has 0 saturated carbocycles. The predicted molar refractivity (Wildman–Crippen MR) is 38.0 cm³/mol. The van der Waals surface area contributed by atoms with Gasteiger partial charge in [0.25, 0.3) is 5.78 Å². The van der Waals surface area contributed by atoms with Crippen LogP contribution >= 0.6 is 23.2 Å². The summed E-state index contributed by atoms with van der Waals surface area (Å²) >= 11 is 10.0. The van der Waals surface area contributed by atoms with Gasteiger partial charge < -0.3 is 0 Å². The van der Waals surface area contributed by atoms with Crippen molar-refractivity contribution in [3.8, 4) is 0 Å². The Balaban J connectivity index is 3.32. The van der Waals surface area contributed by atoms with E-state index in [1.807, 2.05) is 0 Å². The fraction of sp³-hybridized carbons (Fsp3) is 0. The van der Waals surface area contributed by atoms with Crippen molar-refractivity contribution in [2.45, 2.75) is 0 Å². The summed E-state index contributed by atoms with van der Waals surface area (Å²) in [5.41, 5.74) is 0. The van der Waals surface area contributed by atoms with Crippen LogP contribution in [0.15, 0.2) is 21.7 Å². The van der Waals surface area contributed by atoms with Crippen molar-refractivity contribution in [3.63, 3.8) is 0 Å². The van der Waals surface area contributed by atoms with Crippen molar-refractivity contribution in [2.75, 3.05) is 0 Å². The van der Waals surface area contributed by atoms with Crippen molar-refractivity contribution in [1.82, 2.24) is 0 Å². The Bertz CT molecular complexity index is 281. The number of carbonyl (C=O) groups is 2. The van der Waals surface area contributed by atoms with Crippen LogP contribution in [-0.4, -0.2) is 11.6 Å². The highest BCUT2D eigenvalue weighted by molar-refractivity contribution is 6.58. The topological polar surface area (TPSA) is 34.1 Å². The molecule has 0 heterocycles. The molecule has 64 valence electrons. The lowest BCUT2D eigenvalue weighted by Gasteiger charge is -2.06. The summed E-state index contributed by atoms with van der Waals surface area (Å²) in [5, 5.41) is -1.96. The lowest BCUT2D eigenvalue weighted by atomic mass is 10.1. The molecule has 1 aliphatic rings. The number of halogens is 4. The minimum absolute atomic E-state index is 0.980. The summed E-state index contributed by atoms with van der Waals surface area (Å²) in [6.07, 6.45) is 0. The van der Waals surface area contributed by atoms with Crippen LogP contribution in [0.5, 0.6) is 0 Å². The zero-order valence-electron chi connectivity index (χ0n) is 5.33. The Kier molecular flexibility index (Phi) is 2.30. The summed E-state index contributed by atoms with van der Waals surface area (Å²) in [6, 6.07) is 0. The maximum absolute atomic E-state index is 12.5. The van der Waals surface area contributed by atoms with Crippen LogP contribution in [0.3, 0.4) is 0 Å². The van der Waals surface area contributed by atoms with Gasteiger partial charge in [0.2, 0.25) is 5.78 Å². The molecule has 0 spiro atoms. The van der Waals surface area contributed by atoms with Crippen molar-refractivity contribution in [2.24, 2.45) is 0 Å². The second kappa shape index (κ2) is 2.95. The maximum atomic E-state index is 12.5. The summed E-state index contributed by atoms with van der Waals surface area (Å²) in [5.74, 6) is -6.02. The van der Waals surface area contributed by atoms with Crippen LogP contribution in [-0.2, 0) is 9.59 Å². The van der Waals surface area contributed by atoms with Gasteiger partial charge in [-0.05, 0) is 0 Å². The number of hydrogen-bond acceptors (Lipinski definition) is 2. The predicted octanol–water partition coefficient (Wildman–Crippen LogP) is 1.98. The van der Waals surface area contributed by atoms with E-state index >= 15 is 0 Å². The van der Waals surface area contributed by atoms with Gasteiger partial charge in [0, 0.05) is 0 Å². The molecule has 0 unspecified atom stereocenters. The van der Waals surface area contributed by atoms with Crippen molar-refractivity contribution in [3.05, 3.63) is 21.7 Å². The number of allylic oxidation sites excluding steroid dienone is 4. The summed E-state index contributed by atoms with van der Waals surface area (Å²) < 4.78 is 25.0. The molecule has 0 amide bonds. The average Bonchev–Trinajstić information content (AvgIpc) is 2.08. The first-order chi connectivity index (χ1) is 5.46. The van der Waals surface area contributed by atoms with Crippen molar-refractivity contribution in [1.29, 1.82) is 0 Å². The van der Waals surface area contributed by atoms with E-state index in [1.54, 1.807) is 0 Å². The van der Waals surface area contributed by atoms with E-state index in [0.29, 0.717) is 0 Å². The lowest BCUT2D eigenvalue weighted by Crippen LogP contribution is -2.15. The van der Waals surface area contributed by atoms with Crippen LogP contribution < -0.4 is 0 Å². The number of Topliss-reactive ketones (excluding diaryl/α,β-unsaturated/α-hetero) is 2. The smallest absolute Gasteiger partial charge is 0.253 e. The molecule has 0 aliphatic heterocycles. The molecule has 1 rings (SSSR count). The Morgan fingerprint density at radius 2 is 1.17 bits per heavy atom. The molecule has 1 aliphatic carbocycles. The number of carbonyl (C=O) groups excluding carboxylic acids is 2. The van der Waals surface area contributed by atoms with Crippen molar-refractivity contribution >= 4 is 34.8 Å². The molecular formula is C6Cl2F2O2. The number of hydrogen-bond donors (Lipinski definition) is 0. The van der Waals surface area contributed by atoms with E-state index in [-0.39, 0.29) is 0 Å². The molecule has 2 nitrogen and oxygen atoms in total. The molecule has 0 bridgehead atoms. The molecule has 6 heteroatoms. The van der Waals surface area contributed by atoms with Gasteiger partial charge in [-0.15, -0.1) is 0 Å². The molecule has 0 atom stereocenters. The van der Waals surface area contributed by atoms with Crippen molar-refractivity contribution < 1.29 is 18.4 Å². The number of rotatable bonds is 0. The SMILES string of the molecule is O=C1C(F)=C(Cl)C(=O)C(Cl)=C1F. The van der Waals surface area contributed by atoms with Crippen LogP contribution in [0.4, 0.5) is 8.78 Å². The highest BCUT2D eigenvalue weighted by Crippen LogP contribution is 2.30. The first-order valence-corrected chi connectivity index (χ1v) is 3.42. The van der Waals surface area contributed by atoms with Gasteiger partial charge in [-0.3, -0.25) is 9.59 Å². The molecule has 12 heavy (non-hydrogen) atoms. The third kappa shape index (κ3) is 1.17. The maximum Gasteiger partial charge on any atom is 0.253 e. The van der Waals surface area contributed by atoms with Gasteiger partial charge in [0.15, 0.2) is 11.7 Å². The van der Waals surface area contributed by atoms with Gasteiger partial charge in [-0.2, -0.15) is 0 Å². The quantitative estimate of drug-likeness (QED) is 0.576. The Hall–Kier alpha value is -0.740. The fourth-order valence-electron chi connectivity index (χ4n) is 0.591. The third-order valence-electron chi connectivity index (χ3n) is 1.18. The molecule has 0 radical (unpaired) electrons. The minimum atomic E-state index is -1.61. The monoisotopic (exact) mass is 212 g/mol. The van der Waals surface area contributed by atoms with E-state index in [1.165, 1.54) is 0 Å². The van der Waals surface area contributed by atoms with Crippen LogP contribution in [0.1, 0.15) is 0 Å². The average molecular weight is 213 g/mol. The molecule has 0 fully saturated rings. The fourth-order valence-corrected chi connectivity index (χ4v) is 1.00. The van der Waals surface area contributed by atoms with Gasteiger partial charge in [0.05, 0.1) is 0 Å². The van der Waals surface area contributed by atoms with Crippen LogP contribution in [0.25, 0.3) is 0 Å². The Morgan fingerprint density at radius 1 is 0.833 bits per heavy atom. The zero-order valence-corrected chi connectivity index (χ0v) is 6.84. The molecular weight excluding hydrogens is 213 g/mol. The molecule has 0 aromatic heterocycles. The Labute approximate surface area is 75.4 Å². The zero-order chi connectivity index (χ0) is 9.46. The van der Waals surface area contributed by atoms with E-state index in [2.05, 4.69) is 0 Å². The molecule has 0 aromatic carbocycles. The molecule has 0 saturated heterocycles. The standard InChI is InChI=1S/C6Cl2F2O2/c7-1-3(9)6(12)4(10)2(8)5(1)11. The first kappa shape index (κ1) is 9.35. The second-order valence-electron chi connectivity index (χ2n) is 1.91. The summed E-state index contributed by atoms with van der Waals surface area (Å²) in [4.78, 5) is 21.2. The molecule has 0 aromatic rings. The van der Waals surface area contributed by atoms with E-state index < -0.39 is 33.3 Å². The molecule has 0 N–H and O–H groups in total. The first-order valence-electron chi connectivity index (χ1n) is 2.66. The second-order valence-corrected chi connectivity index (χ2v) is 2.67. The summed E-state index contributed by atoms with van der Waals surface area (Å²) in [7, 11) is 0. The van der Waals surface area contributed by atoms with Gasteiger partial charge in [-0.25, -0.2) is 8.78 Å². The lowest BCUT2D eigenvalue weighted by molar-refractivity contribution is -0.118. The normalized spacial score (nSPS) is 19.3. The van der Waals surface area contributed by atoms with Crippen LogP contribution in [0, 0.1) is 0 Å². The highest BCUT2D eigenvalue weighted by atomic mass is 35.5. The minimum Gasteiger partial charge on any atom is -0.286 e. The van der Waals surface area contributed by atoms with Crippen LogP contribution in [0.2, 0.25) is 0 Å². The largest absolute Gasteiger partial charge is 0.286 e. The van der Waals surface area contributed by atoms with E-state index in [9.17, 15) is 18.4 Å². The van der Waals surface area contributed by atoms with E-state index in [4.69, 9.17) is 23.2 Å². The third-order valence-corrected chi connectivity index (χ3v) is 1.86. The van der Waals surface area contributed by atoms with Gasteiger partial charge >= 0.3 is 0 Å². The van der Waals surface area contributed by atoms with E-state index in [0.717, 1.165) is 0 Å². The number of ketones is 2. The summed E-state index contributed by atoms with van der Waals surface area (Å²) in [6.45, 7) is 0.